The van der Waals surface area contributed by atoms with E-state index >= 15 is 0 Å². The van der Waals surface area contributed by atoms with E-state index in [4.69, 9.17) is 4.74 Å². The van der Waals surface area contributed by atoms with Gasteiger partial charge in [0.1, 0.15) is 0 Å². The molecule has 1 aliphatic carbocycles. The van der Waals surface area contributed by atoms with E-state index in [1.165, 1.54) is 19.4 Å². The van der Waals surface area contributed by atoms with Gasteiger partial charge in [0.2, 0.25) is 0 Å². The minimum absolute atomic E-state index is 0.273. The first-order valence-electron chi connectivity index (χ1n) is 4.00. The van der Waals surface area contributed by atoms with Gasteiger partial charge in [-0.3, -0.25) is 0 Å². The number of ether oxygens (including phenoxy) is 1. The molecule has 0 aromatic carbocycles. The molecule has 0 N–H and O–H groups in total. The summed E-state index contributed by atoms with van der Waals surface area (Å²) >= 11 is 0. The Bertz CT molecular complexity index is 144. The minimum atomic E-state index is 0.273. The summed E-state index contributed by atoms with van der Waals surface area (Å²) in [5.41, 5.74) is 0.273. The zero-order valence-corrected chi connectivity index (χ0v) is 6.76. The van der Waals surface area contributed by atoms with Crippen molar-refractivity contribution in [1.29, 1.82) is 0 Å². The monoisotopic (exact) mass is 141 g/mol. The van der Waals surface area contributed by atoms with Crippen LogP contribution in [0.1, 0.15) is 12.8 Å². The van der Waals surface area contributed by atoms with Crippen LogP contribution in [0, 0.1) is 5.92 Å². The van der Waals surface area contributed by atoms with Gasteiger partial charge >= 0.3 is 0 Å². The van der Waals surface area contributed by atoms with Gasteiger partial charge in [-0.05, 0) is 19.9 Å². The molecule has 0 radical (unpaired) electrons. The zero-order valence-electron chi connectivity index (χ0n) is 6.76. The Balaban J connectivity index is 2.10. The van der Waals surface area contributed by atoms with Gasteiger partial charge in [-0.2, -0.15) is 0 Å². The van der Waals surface area contributed by atoms with Crippen LogP contribution in [0.4, 0.5) is 0 Å². The molecule has 2 atom stereocenters. The molecule has 1 aliphatic heterocycles. The highest BCUT2D eigenvalue weighted by atomic mass is 16.5. The van der Waals surface area contributed by atoms with Crippen molar-refractivity contribution in [1.82, 2.24) is 4.90 Å². The van der Waals surface area contributed by atoms with Crippen molar-refractivity contribution < 1.29 is 4.74 Å². The van der Waals surface area contributed by atoms with Crippen molar-refractivity contribution in [3.05, 3.63) is 0 Å². The lowest BCUT2D eigenvalue weighted by Crippen LogP contribution is -2.48. The second kappa shape index (κ2) is 1.95. The summed E-state index contributed by atoms with van der Waals surface area (Å²) in [5.74, 6) is 0.836. The molecule has 0 aromatic heterocycles. The van der Waals surface area contributed by atoms with Crippen LogP contribution < -0.4 is 0 Å². The SMILES string of the molecule is COC12CCC1CN(C)C2. The Labute approximate surface area is 62.2 Å². The highest BCUT2D eigenvalue weighted by molar-refractivity contribution is 5.05. The Kier molecular flexibility index (Phi) is 1.29. The first-order chi connectivity index (χ1) is 4.77. The summed E-state index contributed by atoms with van der Waals surface area (Å²) in [6.45, 7) is 2.39. The third-order valence-corrected chi connectivity index (χ3v) is 3.14. The third-order valence-electron chi connectivity index (χ3n) is 3.14. The second-order valence-corrected chi connectivity index (χ2v) is 3.70. The molecule has 1 saturated carbocycles. The number of likely N-dealkylation sites (tertiary alicyclic amines) is 1. The van der Waals surface area contributed by atoms with E-state index in [-0.39, 0.29) is 5.60 Å². The molecular formula is C8H15NO. The van der Waals surface area contributed by atoms with Crippen LogP contribution in [0.15, 0.2) is 0 Å². The van der Waals surface area contributed by atoms with Crippen LogP contribution in [0.5, 0.6) is 0 Å². The molecule has 2 fully saturated rings. The Morgan fingerprint density at radius 2 is 2.40 bits per heavy atom. The predicted octanol–water partition coefficient (Wildman–Crippen LogP) is 0.727. The molecule has 0 amide bonds. The number of hydrogen-bond acceptors (Lipinski definition) is 2. The average molecular weight is 141 g/mol. The van der Waals surface area contributed by atoms with Crippen molar-refractivity contribution >= 4 is 0 Å². The maximum Gasteiger partial charge on any atom is 0.0845 e. The van der Waals surface area contributed by atoms with Gasteiger partial charge in [0.05, 0.1) is 5.60 Å². The predicted molar refractivity (Wildman–Crippen MR) is 40.0 cm³/mol. The Morgan fingerprint density at radius 1 is 1.60 bits per heavy atom. The second-order valence-electron chi connectivity index (χ2n) is 3.70. The van der Waals surface area contributed by atoms with E-state index in [2.05, 4.69) is 11.9 Å². The molecule has 0 spiro atoms. The van der Waals surface area contributed by atoms with Crippen LogP contribution in [-0.2, 0) is 4.74 Å². The number of likely N-dealkylation sites (N-methyl/N-ethyl adjacent to an activating group) is 1. The first kappa shape index (κ1) is 6.62. The summed E-state index contributed by atoms with van der Waals surface area (Å²) in [4.78, 5) is 2.38. The van der Waals surface area contributed by atoms with Crippen molar-refractivity contribution in [2.24, 2.45) is 5.92 Å². The number of rotatable bonds is 1. The molecule has 2 rings (SSSR count). The highest BCUT2D eigenvalue weighted by Crippen LogP contribution is 2.46. The largest absolute Gasteiger partial charge is 0.377 e. The lowest BCUT2D eigenvalue weighted by Gasteiger charge is -2.42. The van der Waals surface area contributed by atoms with Crippen LogP contribution in [0.25, 0.3) is 0 Å². The molecule has 2 heteroatoms. The van der Waals surface area contributed by atoms with Gasteiger partial charge in [0, 0.05) is 26.1 Å². The van der Waals surface area contributed by atoms with E-state index in [0.29, 0.717) is 0 Å². The normalized spacial score (nSPS) is 46.8. The molecule has 10 heavy (non-hydrogen) atoms. The highest BCUT2D eigenvalue weighted by Gasteiger charge is 2.52. The van der Waals surface area contributed by atoms with Crippen LogP contribution in [-0.4, -0.2) is 37.7 Å². The van der Waals surface area contributed by atoms with E-state index in [9.17, 15) is 0 Å². The topological polar surface area (TPSA) is 12.5 Å². The first-order valence-corrected chi connectivity index (χ1v) is 4.00. The molecule has 2 unspecified atom stereocenters. The number of nitrogens with zero attached hydrogens (tertiary/aromatic N) is 1. The lowest BCUT2D eigenvalue weighted by atomic mass is 9.72. The fraction of sp³-hybridized carbons (Fsp3) is 1.00. The number of methoxy groups -OCH3 is 1. The standard InChI is InChI=1S/C8H15NO/c1-9-5-7-3-4-8(7,6-9)10-2/h7H,3-6H2,1-2H3. The molecule has 58 valence electrons. The molecule has 2 nitrogen and oxygen atoms in total. The van der Waals surface area contributed by atoms with Crippen LogP contribution >= 0.6 is 0 Å². The quantitative estimate of drug-likeness (QED) is 0.533. The van der Waals surface area contributed by atoms with Crippen molar-refractivity contribution in [2.75, 3.05) is 27.2 Å². The van der Waals surface area contributed by atoms with E-state index < -0.39 is 0 Å². The van der Waals surface area contributed by atoms with Gasteiger partial charge in [-0.25, -0.2) is 0 Å². The molecule has 1 heterocycles. The maximum absolute atomic E-state index is 5.53. The summed E-state index contributed by atoms with van der Waals surface area (Å²) < 4.78 is 5.53. The lowest BCUT2D eigenvalue weighted by molar-refractivity contribution is -0.0932. The van der Waals surface area contributed by atoms with Crippen molar-refractivity contribution in [3.8, 4) is 0 Å². The van der Waals surface area contributed by atoms with Crippen LogP contribution in [0.2, 0.25) is 0 Å². The van der Waals surface area contributed by atoms with Crippen LogP contribution in [0.3, 0.4) is 0 Å². The van der Waals surface area contributed by atoms with E-state index in [1.54, 1.807) is 0 Å². The molecule has 1 saturated heterocycles. The number of fused-ring (bicyclic) bond motifs is 1. The van der Waals surface area contributed by atoms with Gasteiger partial charge in [-0.15, -0.1) is 0 Å². The van der Waals surface area contributed by atoms with Gasteiger partial charge < -0.3 is 9.64 Å². The Hall–Kier alpha value is -0.0800. The van der Waals surface area contributed by atoms with Gasteiger partial charge in [-0.1, -0.05) is 0 Å². The van der Waals surface area contributed by atoms with Crippen molar-refractivity contribution in [2.45, 2.75) is 18.4 Å². The number of hydrogen-bond donors (Lipinski definition) is 0. The maximum atomic E-state index is 5.53. The summed E-state index contributed by atoms with van der Waals surface area (Å²) in [5, 5.41) is 0. The zero-order chi connectivity index (χ0) is 7.19. The van der Waals surface area contributed by atoms with Gasteiger partial charge in [0.25, 0.3) is 0 Å². The average Bonchev–Trinajstić information content (AvgIpc) is 2.11. The fourth-order valence-corrected chi connectivity index (χ4v) is 2.37. The van der Waals surface area contributed by atoms with E-state index in [1.807, 2.05) is 7.11 Å². The fourth-order valence-electron chi connectivity index (χ4n) is 2.37. The third kappa shape index (κ3) is 0.663. The summed E-state index contributed by atoms with van der Waals surface area (Å²) in [6, 6.07) is 0. The molecule has 0 aromatic rings. The Morgan fingerprint density at radius 3 is 2.70 bits per heavy atom. The summed E-state index contributed by atoms with van der Waals surface area (Å²) in [6.07, 6.45) is 2.65. The molecule has 2 aliphatic rings. The van der Waals surface area contributed by atoms with Gasteiger partial charge in [0.15, 0.2) is 0 Å². The van der Waals surface area contributed by atoms with E-state index in [0.717, 1.165) is 12.5 Å². The minimum Gasteiger partial charge on any atom is -0.377 e. The molecular weight excluding hydrogens is 126 g/mol. The molecule has 0 bridgehead atoms. The van der Waals surface area contributed by atoms with Crippen molar-refractivity contribution in [3.63, 3.8) is 0 Å². The smallest absolute Gasteiger partial charge is 0.0845 e. The summed E-state index contributed by atoms with van der Waals surface area (Å²) in [7, 11) is 4.03.